The second-order valence-corrected chi connectivity index (χ2v) is 6.82. The molecular formula is C17H25N3. The van der Waals surface area contributed by atoms with Crippen molar-refractivity contribution in [2.45, 2.75) is 70.8 Å². The summed E-state index contributed by atoms with van der Waals surface area (Å²) in [6.07, 6.45) is 12.0. The van der Waals surface area contributed by atoms with E-state index in [9.17, 15) is 0 Å². The topological polar surface area (TPSA) is 29.0 Å². The van der Waals surface area contributed by atoms with E-state index in [1.165, 1.54) is 75.0 Å². The summed E-state index contributed by atoms with van der Waals surface area (Å²) in [5.74, 6) is 3.21. The maximum atomic E-state index is 4.89. The van der Waals surface area contributed by atoms with Gasteiger partial charge in [0.1, 0.15) is 11.6 Å². The predicted octanol–water partition coefficient (Wildman–Crippen LogP) is 3.43. The highest BCUT2D eigenvalue weighted by molar-refractivity contribution is 5.52. The van der Waals surface area contributed by atoms with E-state index in [0.717, 1.165) is 24.2 Å². The fourth-order valence-corrected chi connectivity index (χ4v) is 4.65. The molecule has 1 aromatic heterocycles. The van der Waals surface area contributed by atoms with Crippen LogP contribution in [0.3, 0.4) is 0 Å². The molecule has 2 atom stereocenters. The minimum absolute atomic E-state index is 0.768. The summed E-state index contributed by atoms with van der Waals surface area (Å²) in [6.45, 7) is 3.28. The highest BCUT2D eigenvalue weighted by Crippen LogP contribution is 2.40. The van der Waals surface area contributed by atoms with E-state index in [4.69, 9.17) is 9.97 Å². The maximum Gasteiger partial charge on any atom is 0.136 e. The van der Waals surface area contributed by atoms with Crippen LogP contribution in [0, 0.1) is 12.8 Å². The number of nitrogens with zero attached hydrogens (tertiary/aromatic N) is 3. The van der Waals surface area contributed by atoms with E-state index in [1.54, 1.807) is 0 Å². The van der Waals surface area contributed by atoms with Crippen LogP contribution in [0.5, 0.6) is 0 Å². The summed E-state index contributed by atoms with van der Waals surface area (Å²) >= 11 is 0. The molecule has 1 saturated heterocycles. The molecule has 20 heavy (non-hydrogen) atoms. The Morgan fingerprint density at radius 3 is 2.75 bits per heavy atom. The molecule has 0 radical (unpaired) electrons. The molecule has 0 N–H and O–H groups in total. The number of anilines is 1. The molecule has 2 fully saturated rings. The average molecular weight is 271 g/mol. The number of aryl methyl sites for hydroxylation is 2. The lowest BCUT2D eigenvalue weighted by molar-refractivity contribution is 0.359. The summed E-state index contributed by atoms with van der Waals surface area (Å²) < 4.78 is 0. The normalized spacial score (nSPS) is 29.1. The Kier molecular flexibility index (Phi) is 3.16. The number of piperidine rings is 1. The van der Waals surface area contributed by atoms with Crippen LogP contribution in [0.4, 0.5) is 5.82 Å². The lowest BCUT2D eigenvalue weighted by atomic mass is 9.90. The van der Waals surface area contributed by atoms with Gasteiger partial charge in [0.2, 0.25) is 0 Å². The quantitative estimate of drug-likeness (QED) is 0.783. The Bertz CT molecular complexity index is 511. The van der Waals surface area contributed by atoms with Gasteiger partial charge in [-0.25, -0.2) is 9.97 Å². The van der Waals surface area contributed by atoms with Crippen molar-refractivity contribution in [3.63, 3.8) is 0 Å². The number of hydrogen-bond acceptors (Lipinski definition) is 3. The molecule has 1 saturated carbocycles. The van der Waals surface area contributed by atoms with Crippen LogP contribution < -0.4 is 4.90 Å². The molecule has 3 nitrogen and oxygen atoms in total. The van der Waals surface area contributed by atoms with Crippen molar-refractivity contribution in [2.24, 2.45) is 5.92 Å². The summed E-state index contributed by atoms with van der Waals surface area (Å²) in [5.41, 5.74) is 2.83. The number of fused-ring (bicyclic) bond motifs is 2. The SMILES string of the molecule is Cc1nc2c(c(N3CCCC4CCCC43)n1)CCCC2. The largest absolute Gasteiger partial charge is 0.353 e. The Labute approximate surface area is 121 Å². The average Bonchev–Trinajstić information content (AvgIpc) is 2.94. The van der Waals surface area contributed by atoms with Crippen LogP contribution >= 0.6 is 0 Å². The molecule has 0 amide bonds. The van der Waals surface area contributed by atoms with Crippen molar-refractivity contribution < 1.29 is 0 Å². The zero-order valence-electron chi connectivity index (χ0n) is 12.6. The highest BCUT2D eigenvalue weighted by atomic mass is 15.2. The van der Waals surface area contributed by atoms with Crippen LogP contribution in [0.25, 0.3) is 0 Å². The molecular weight excluding hydrogens is 246 g/mol. The summed E-state index contributed by atoms with van der Waals surface area (Å²) in [4.78, 5) is 12.3. The van der Waals surface area contributed by atoms with E-state index in [2.05, 4.69) is 11.8 Å². The first-order valence-electron chi connectivity index (χ1n) is 8.46. The van der Waals surface area contributed by atoms with E-state index in [-0.39, 0.29) is 0 Å². The molecule has 1 aromatic rings. The first kappa shape index (κ1) is 12.6. The van der Waals surface area contributed by atoms with E-state index < -0.39 is 0 Å². The summed E-state index contributed by atoms with van der Waals surface area (Å²) in [7, 11) is 0. The van der Waals surface area contributed by atoms with Crippen LogP contribution in [0.2, 0.25) is 0 Å². The third-order valence-corrected chi connectivity index (χ3v) is 5.54. The molecule has 0 aromatic carbocycles. The minimum atomic E-state index is 0.768. The van der Waals surface area contributed by atoms with Crippen LogP contribution in [0.1, 0.15) is 62.0 Å². The molecule has 3 heteroatoms. The van der Waals surface area contributed by atoms with Gasteiger partial charge in [-0.1, -0.05) is 6.42 Å². The smallest absolute Gasteiger partial charge is 0.136 e. The van der Waals surface area contributed by atoms with Gasteiger partial charge < -0.3 is 4.90 Å². The number of rotatable bonds is 1. The minimum Gasteiger partial charge on any atom is -0.353 e. The fraction of sp³-hybridized carbons (Fsp3) is 0.765. The van der Waals surface area contributed by atoms with Gasteiger partial charge in [-0.2, -0.15) is 0 Å². The Morgan fingerprint density at radius 1 is 0.950 bits per heavy atom. The Hall–Kier alpha value is -1.12. The van der Waals surface area contributed by atoms with E-state index >= 15 is 0 Å². The van der Waals surface area contributed by atoms with Gasteiger partial charge in [0.25, 0.3) is 0 Å². The summed E-state index contributed by atoms with van der Waals surface area (Å²) in [5, 5.41) is 0. The monoisotopic (exact) mass is 271 g/mol. The molecule has 3 aliphatic rings. The van der Waals surface area contributed by atoms with E-state index in [0.29, 0.717) is 0 Å². The zero-order valence-corrected chi connectivity index (χ0v) is 12.6. The van der Waals surface area contributed by atoms with Gasteiger partial charge in [0, 0.05) is 23.8 Å². The third kappa shape index (κ3) is 2.02. The first-order chi connectivity index (χ1) is 9.83. The van der Waals surface area contributed by atoms with Crippen molar-refractivity contribution in [2.75, 3.05) is 11.4 Å². The Morgan fingerprint density at radius 2 is 1.80 bits per heavy atom. The maximum absolute atomic E-state index is 4.89. The van der Waals surface area contributed by atoms with Crippen molar-refractivity contribution in [1.29, 1.82) is 0 Å². The number of aromatic nitrogens is 2. The van der Waals surface area contributed by atoms with Crippen molar-refractivity contribution >= 4 is 5.82 Å². The standard InChI is InChI=1S/C17H25N3/c1-12-18-15-9-3-2-8-14(15)17(19-12)20-11-5-7-13-6-4-10-16(13)20/h13,16H,2-11H2,1H3. The van der Waals surface area contributed by atoms with Crippen LogP contribution in [-0.2, 0) is 12.8 Å². The molecule has 2 unspecified atom stereocenters. The molecule has 2 heterocycles. The predicted molar refractivity (Wildman–Crippen MR) is 81.1 cm³/mol. The highest BCUT2D eigenvalue weighted by Gasteiger charge is 2.37. The fourth-order valence-electron chi connectivity index (χ4n) is 4.65. The van der Waals surface area contributed by atoms with Crippen molar-refractivity contribution in [3.8, 4) is 0 Å². The first-order valence-corrected chi connectivity index (χ1v) is 8.46. The van der Waals surface area contributed by atoms with Crippen molar-refractivity contribution in [1.82, 2.24) is 9.97 Å². The molecule has 4 rings (SSSR count). The van der Waals surface area contributed by atoms with Gasteiger partial charge in [0.05, 0.1) is 0 Å². The lowest BCUT2D eigenvalue weighted by Gasteiger charge is -2.40. The zero-order chi connectivity index (χ0) is 13.5. The van der Waals surface area contributed by atoms with Gasteiger partial charge in [0.15, 0.2) is 0 Å². The Balaban J connectivity index is 1.75. The van der Waals surface area contributed by atoms with Crippen LogP contribution in [0.15, 0.2) is 0 Å². The van der Waals surface area contributed by atoms with Gasteiger partial charge in [-0.3, -0.25) is 0 Å². The third-order valence-electron chi connectivity index (χ3n) is 5.54. The van der Waals surface area contributed by atoms with E-state index in [1.807, 2.05) is 0 Å². The van der Waals surface area contributed by atoms with Gasteiger partial charge in [-0.15, -0.1) is 0 Å². The molecule has 108 valence electrons. The molecule has 1 aliphatic heterocycles. The molecule has 0 spiro atoms. The van der Waals surface area contributed by atoms with Gasteiger partial charge in [-0.05, 0) is 64.2 Å². The lowest BCUT2D eigenvalue weighted by Crippen LogP contribution is -2.44. The van der Waals surface area contributed by atoms with Crippen LogP contribution in [-0.4, -0.2) is 22.6 Å². The second kappa shape index (κ2) is 5.01. The van der Waals surface area contributed by atoms with Crippen molar-refractivity contribution in [3.05, 3.63) is 17.1 Å². The summed E-state index contributed by atoms with van der Waals surface area (Å²) in [6, 6.07) is 0.768. The number of hydrogen-bond donors (Lipinski definition) is 0. The molecule has 0 bridgehead atoms. The molecule has 2 aliphatic carbocycles. The van der Waals surface area contributed by atoms with Gasteiger partial charge >= 0.3 is 0 Å². The second-order valence-electron chi connectivity index (χ2n) is 6.82.